The first-order valence-corrected chi connectivity index (χ1v) is 8.21. The van der Waals surface area contributed by atoms with Crippen LogP contribution in [0.25, 0.3) is 10.9 Å². The second-order valence-electron chi connectivity index (χ2n) is 5.21. The van der Waals surface area contributed by atoms with Gasteiger partial charge >= 0.3 is 0 Å². The average Bonchev–Trinajstić information content (AvgIpc) is 3.02. The lowest BCUT2D eigenvalue weighted by molar-refractivity contribution is 0.107. The highest BCUT2D eigenvalue weighted by Crippen LogP contribution is 2.41. The van der Waals surface area contributed by atoms with Crippen molar-refractivity contribution in [2.24, 2.45) is 4.99 Å². The number of H-pyrrole nitrogens is 1. The van der Waals surface area contributed by atoms with Crippen molar-refractivity contribution in [3.8, 4) is 5.88 Å². The second-order valence-corrected chi connectivity index (χ2v) is 6.81. The second kappa shape index (κ2) is 5.39. The molecule has 0 spiro atoms. The zero-order valence-corrected chi connectivity index (χ0v) is 14.6. The van der Waals surface area contributed by atoms with Gasteiger partial charge in [-0.1, -0.05) is 46.4 Å². The first kappa shape index (κ1) is 15.8. The largest absolute Gasteiger partial charge is 0.494 e. The molecule has 0 saturated heterocycles. The van der Waals surface area contributed by atoms with E-state index < -0.39 is 0 Å². The van der Waals surface area contributed by atoms with Crippen molar-refractivity contribution in [2.45, 2.75) is 0 Å². The molecule has 1 aliphatic heterocycles. The van der Waals surface area contributed by atoms with Crippen LogP contribution in [0, 0.1) is 0 Å². The summed E-state index contributed by atoms with van der Waals surface area (Å²) in [6, 6.07) is 6.22. The molecule has 2 N–H and O–H groups in total. The van der Waals surface area contributed by atoms with Gasteiger partial charge in [0.2, 0.25) is 5.78 Å². The molecule has 0 saturated carbocycles. The van der Waals surface area contributed by atoms with Crippen LogP contribution in [-0.2, 0) is 0 Å². The summed E-state index contributed by atoms with van der Waals surface area (Å²) in [5.74, 6) is -0.595. The van der Waals surface area contributed by atoms with E-state index >= 15 is 0 Å². The van der Waals surface area contributed by atoms with E-state index in [0.717, 1.165) is 0 Å². The van der Waals surface area contributed by atoms with Crippen molar-refractivity contribution in [1.82, 2.24) is 4.98 Å². The van der Waals surface area contributed by atoms with Crippen molar-refractivity contribution < 1.29 is 9.90 Å². The monoisotopic (exact) mass is 398 g/mol. The van der Waals surface area contributed by atoms with Crippen LogP contribution in [0.1, 0.15) is 15.9 Å². The van der Waals surface area contributed by atoms with Crippen LogP contribution in [0.4, 0.5) is 5.69 Å². The summed E-state index contributed by atoms with van der Waals surface area (Å²) in [5.41, 5.74) is 1.49. The van der Waals surface area contributed by atoms with Crippen molar-refractivity contribution >= 4 is 74.5 Å². The number of carbonyl (C=O) groups excluding carboxylic acids is 1. The SMILES string of the molecule is O=C1C(c2c(O)[nH]c3ccc(Cl)c(Cl)c23)=Nc2cc(Cl)c(Cl)cc21. The molecular formula is C16H6Cl4N2O2. The molecular weight excluding hydrogens is 394 g/mol. The van der Waals surface area contributed by atoms with Gasteiger partial charge in [-0.3, -0.25) is 4.79 Å². The fraction of sp³-hybridized carbons (Fsp3) is 0. The zero-order valence-electron chi connectivity index (χ0n) is 11.6. The smallest absolute Gasteiger partial charge is 0.214 e. The Morgan fingerprint density at radius 2 is 1.71 bits per heavy atom. The van der Waals surface area contributed by atoms with Gasteiger partial charge in [0.25, 0.3) is 0 Å². The third-order valence-corrected chi connectivity index (χ3v) is 5.33. The summed E-state index contributed by atoms with van der Waals surface area (Å²) in [5, 5.41) is 11.8. The Balaban J connectivity index is 2.00. The van der Waals surface area contributed by atoms with Crippen molar-refractivity contribution in [3.63, 3.8) is 0 Å². The topological polar surface area (TPSA) is 65.4 Å². The molecule has 1 aromatic heterocycles. The predicted octanol–water partition coefficient (Wildman–Crippen LogP) is 5.80. The number of nitrogens with zero attached hydrogens (tertiary/aromatic N) is 1. The number of Topliss-reactive ketones (excluding diaryl/α,β-unsaturated/α-hetero) is 1. The number of rotatable bonds is 1. The summed E-state index contributed by atoms with van der Waals surface area (Å²) in [6.45, 7) is 0. The van der Waals surface area contributed by atoms with E-state index in [2.05, 4.69) is 9.98 Å². The number of nitrogens with one attached hydrogen (secondary N) is 1. The van der Waals surface area contributed by atoms with Crippen LogP contribution in [0.5, 0.6) is 5.88 Å². The molecule has 1 aliphatic rings. The third kappa shape index (κ3) is 2.15. The molecule has 0 atom stereocenters. The van der Waals surface area contributed by atoms with E-state index in [1.54, 1.807) is 12.1 Å². The number of aromatic hydroxyl groups is 1. The molecule has 4 nitrogen and oxygen atoms in total. The normalized spacial score (nSPS) is 13.5. The Kier molecular flexibility index (Phi) is 3.55. The highest BCUT2D eigenvalue weighted by Gasteiger charge is 2.32. The van der Waals surface area contributed by atoms with Gasteiger partial charge < -0.3 is 10.1 Å². The molecule has 0 radical (unpaired) electrons. The molecule has 0 aliphatic carbocycles. The number of hydrogen-bond acceptors (Lipinski definition) is 3. The minimum atomic E-state index is -0.379. The molecule has 0 amide bonds. The van der Waals surface area contributed by atoms with Crippen LogP contribution in [0.15, 0.2) is 29.3 Å². The highest BCUT2D eigenvalue weighted by atomic mass is 35.5. The number of aromatic amines is 1. The molecule has 2 aromatic carbocycles. The van der Waals surface area contributed by atoms with Crippen LogP contribution in [0.3, 0.4) is 0 Å². The maximum Gasteiger partial charge on any atom is 0.214 e. The average molecular weight is 400 g/mol. The summed E-state index contributed by atoms with van der Waals surface area (Å²) < 4.78 is 0. The van der Waals surface area contributed by atoms with Crippen LogP contribution < -0.4 is 0 Å². The molecule has 2 heterocycles. The van der Waals surface area contributed by atoms with E-state index in [-0.39, 0.29) is 38.0 Å². The molecule has 8 heteroatoms. The Morgan fingerprint density at radius 1 is 1.00 bits per heavy atom. The van der Waals surface area contributed by atoms with E-state index in [1.807, 2.05) is 0 Å². The minimum Gasteiger partial charge on any atom is -0.494 e. The maximum atomic E-state index is 12.7. The van der Waals surface area contributed by atoms with E-state index in [4.69, 9.17) is 46.4 Å². The lowest BCUT2D eigenvalue weighted by atomic mass is 10.0. The molecule has 3 aromatic rings. The molecule has 0 unspecified atom stereocenters. The molecule has 4 rings (SSSR count). The third-order valence-electron chi connectivity index (χ3n) is 3.80. The zero-order chi connectivity index (χ0) is 17.2. The van der Waals surface area contributed by atoms with Gasteiger partial charge in [-0.25, -0.2) is 4.99 Å². The Bertz CT molecular complexity index is 1090. The van der Waals surface area contributed by atoms with Gasteiger partial charge in [-0.2, -0.15) is 0 Å². The predicted molar refractivity (Wildman–Crippen MR) is 97.0 cm³/mol. The number of fused-ring (bicyclic) bond motifs is 2. The summed E-state index contributed by atoms with van der Waals surface area (Å²) in [6.07, 6.45) is 0. The molecule has 0 fully saturated rings. The van der Waals surface area contributed by atoms with Crippen LogP contribution in [-0.4, -0.2) is 21.6 Å². The van der Waals surface area contributed by atoms with Gasteiger partial charge in [0.1, 0.15) is 5.71 Å². The number of halogens is 4. The van der Waals surface area contributed by atoms with Gasteiger partial charge in [0, 0.05) is 5.39 Å². The first-order valence-electron chi connectivity index (χ1n) is 6.70. The van der Waals surface area contributed by atoms with Crippen molar-refractivity contribution in [3.05, 3.63) is 55.5 Å². The van der Waals surface area contributed by atoms with Crippen molar-refractivity contribution in [1.29, 1.82) is 0 Å². The summed E-state index contributed by atoms with van der Waals surface area (Å²) >= 11 is 24.3. The lowest BCUT2D eigenvalue weighted by Gasteiger charge is -2.02. The minimum absolute atomic E-state index is 0.0521. The van der Waals surface area contributed by atoms with Crippen LogP contribution >= 0.6 is 46.4 Å². The Labute approximate surface area is 155 Å². The van der Waals surface area contributed by atoms with Crippen molar-refractivity contribution in [2.75, 3.05) is 0 Å². The number of aromatic nitrogens is 1. The summed E-state index contributed by atoms with van der Waals surface area (Å²) in [7, 11) is 0. The fourth-order valence-corrected chi connectivity index (χ4v) is 3.46. The van der Waals surface area contributed by atoms with E-state index in [9.17, 15) is 9.90 Å². The van der Waals surface area contributed by atoms with Crippen LogP contribution in [0.2, 0.25) is 20.1 Å². The number of hydrogen-bond donors (Lipinski definition) is 2. The van der Waals surface area contributed by atoms with Gasteiger partial charge in [0.05, 0.1) is 42.4 Å². The van der Waals surface area contributed by atoms with Gasteiger partial charge in [0.15, 0.2) is 5.88 Å². The highest BCUT2D eigenvalue weighted by molar-refractivity contribution is 6.58. The number of ketones is 1. The Morgan fingerprint density at radius 3 is 2.46 bits per heavy atom. The Hall–Kier alpha value is -1.72. The van der Waals surface area contributed by atoms with Gasteiger partial charge in [-0.15, -0.1) is 0 Å². The molecule has 24 heavy (non-hydrogen) atoms. The number of benzene rings is 2. The molecule has 120 valence electrons. The first-order chi connectivity index (χ1) is 11.4. The number of carbonyl (C=O) groups is 1. The fourth-order valence-electron chi connectivity index (χ4n) is 2.72. The molecule has 0 bridgehead atoms. The summed E-state index contributed by atoms with van der Waals surface area (Å²) in [4.78, 5) is 19.8. The van der Waals surface area contributed by atoms with E-state index in [1.165, 1.54) is 12.1 Å². The lowest BCUT2D eigenvalue weighted by Crippen LogP contribution is -2.11. The maximum absolute atomic E-state index is 12.7. The van der Waals surface area contributed by atoms with Gasteiger partial charge in [-0.05, 0) is 24.3 Å². The number of aliphatic imine (C=N–C) groups is 1. The standard InChI is InChI=1S/C16H6Cl4N2O2/c17-6-1-2-9-11(13(6)20)12(16(24)22-9)14-15(23)5-3-7(18)8(19)4-10(5)21-14/h1-4,22,24H. The van der Waals surface area contributed by atoms with E-state index in [0.29, 0.717) is 27.2 Å². The quantitative estimate of drug-likeness (QED) is 0.542.